The van der Waals surface area contributed by atoms with Gasteiger partial charge in [0.15, 0.2) is 0 Å². The fraction of sp³-hybridized carbons (Fsp3) is 0.500. The van der Waals surface area contributed by atoms with Crippen LogP contribution in [0.3, 0.4) is 0 Å². The molecule has 0 fully saturated rings. The van der Waals surface area contributed by atoms with Crippen molar-refractivity contribution in [3.8, 4) is 5.75 Å². The van der Waals surface area contributed by atoms with E-state index in [2.05, 4.69) is 13.0 Å². The Balaban J connectivity index is 2.66. The van der Waals surface area contributed by atoms with E-state index >= 15 is 0 Å². The molecule has 1 aromatic carbocycles. The number of benzene rings is 1. The lowest BCUT2D eigenvalue weighted by molar-refractivity contribution is 0.0604. The van der Waals surface area contributed by atoms with Gasteiger partial charge in [0.05, 0.1) is 6.10 Å². The zero-order valence-corrected chi connectivity index (χ0v) is 9.03. The number of hydrogen-bond acceptors (Lipinski definition) is 2. The van der Waals surface area contributed by atoms with Gasteiger partial charge in [-0.25, -0.2) is 0 Å². The number of aliphatic hydroxyl groups excluding tert-OH is 1. The molecule has 0 saturated carbocycles. The van der Waals surface area contributed by atoms with Crippen molar-refractivity contribution in [2.75, 3.05) is 0 Å². The van der Waals surface area contributed by atoms with Crippen LogP contribution >= 0.6 is 0 Å². The number of ether oxygens (including phenoxy) is 1. The van der Waals surface area contributed by atoms with E-state index in [1.807, 2.05) is 25.1 Å². The molecule has 1 aromatic rings. The standard InChI is InChI=1S/C12H18O2/c1-4-11-6-5-7-12(8-11)14-10(3)9(2)13/h5-10,13H,4H2,1-3H3. The van der Waals surface area contributed by atoms with Gasteiger partial charge >= 0.3 is 0 Å². The molecule has 2 unspecified atom stereocenters. The summed E-state index contributed by atoms with van der Waals surface area (Å²) >= 11 is 0. The maximum atomic E-state index is 9.28. The Kier molecular flexibility index (Phi) is 3.96. The molecule has 2 atom stereocenters. The minimum absolute atomic E-state index is 0.165. The molecule has 0 aliphatic carbocycles. The second kappa shape index (κ2) is 5.01. The predicted octanol–water partition coefficient (Wildman–Crippen LogP) is 2.40. The molecule has 0 aliphatic heterocycles. The van der Waals surface area contributed by atoms with Crippen molar-refractivity contribution in [2.24, 2.45) is 0 Å². The highest BCUT2D eigenvalue weighted by Gasteiger charge is 2.09. The molecule has 1 N–H and O–H groups in total. The van der Waals surface area contributed by atoms with Gasteiger partial charge in [-0.2, -0.15) is 0 Å². The van der Waals surface area contributed by atoms with E-state index in [1.54, 1.807) is 6.92 Å². The van der Waals surface area contributed by atoms with E-state index in [0.717, 1.165) is 12.2 Å². The molecule has 0 bridgehead atoms. The van der Waals surface area contributed by atoms with Crippen LogP contribution in [0.2, 0.25) is 0 Å². The molecule has 0 spiro atoms. The van der Waals surface area contributed by atoms with Gasteiger partial charge in [-0.1, -0.05) is 19.1 Å². The molecule has 0 saturated heterocycles. The zero-order valence-electron chi connectivity index (χ0n) is 9.03. The van der Waals surface area contributed by atoms with Gasteiger partial charge in [0.2, 0.25) is 0 Å². The van der Waals surface area contributed by atoms with Crippen molar-refractivity contribution in [1.82, 2.24) is 0 Å². The number of hydrogen-bond donors (Lipinski definition) is 1. The maximum Gasteiger partial charge on any atom is 0.121 e. The largest absolute Gasteiger partial charge is 0.488 e. The van der Waals surface area contributed by atoms with Crippen molar-refractivity contribution in [3.63, 3.8) is 0 Å². The molecular formula is C12H18O2. The first kappa shape index (κ1) is 11.1. The van der Waals surface area contributed by atoms with Gasteiger partial charge in [-0.15, -0.1) is 0 Å². The summed E-state index contributed by atoms with van der Waals surface area (Å²) in [7, 11) is 0. The summed E-state index contributed by atoms with van der Waals surface area (Å²) in [6, 6.07) is 7.97. The van der Waals surface area contributed by atoms with Gasteiger partial charge < -0.3 is 9.84 Å². The topological polar surface area (TPSA) is 29.5 Å². The maximum absolute atomic E-state index is 9.28. The Bertz CT molecular complexity index is 281. The fourth-order valence-electron chi connectivity index (χ4n) is 1.15. The summed E-state index contributed by atoms with van der Waals surface area (Å²) < 4.78 is 5.57. The van der Waals surface area contributed by atoms with Gasteiger partial charge in [0.25, 0.3) is 0 Å². The molecule has 0 amide bonds. The summed E-state index contributed by atoms with van der Waals surface area (Å²) in [4.78, 5) is 0. The van der Waals surface area contributed by atoms with Crippen LogP contribution in [0.15, 0.2) is 24.3 Å². The first-order chi connectivity index (χ1) is 6.63. The second-order valence-electron chi connectivity index (χ2n) is 3.56. The Morgan fingerprint density at radius 3 is 2.64 bits per heavy atom. The third-order valence-electron chi connectivity index (χ3n) is 2.31. The summed E-state index contributed by atoms with van der Waals surface area (Å²) in [5.74, 6) is 0.831. The highest BCUT2D eigenvalue weighted by atomic mass is 16.5. The smallest absolute Gasteiger partial charge is 0.121 e. The first-order valence-electron chi connectivity index (χ1n) is 5.07. The molecule has 2 heteroatoms. The van der Waals surface area contributed by atoms with Crippen LogP contribution < -0.4 is 4.74 Å². The lowest BCUT2D eigenvalue weighted by atomic mass is 10.1. The highest BCUT2D eigenvalue weighted by molar-refractivity contribution is 5.28. The molecule has 78 valence electrons. The van der Waals surface area contributed by atoms with Crippen LogP contribution in [0.1, 0.15) is 26.3 Å². The van der Waals surface area contributed by atoms with Crippen LogP contribution in [0.25, 0.3) is 0 Å². The van der Waals surface area contributed by atoms with Crippen LogP contribution in [0.5, 0.6) is 5.75 Å². The fourth-order valence-corrected chi connectivity index (χ4v) is 1.15. The van der Waals surface area contributed by atoms with Crippen LogP contribution in [-0.4, -0.2) is 17.3 Å². The van der Waals surface area contributed by atoms with Crippen molar-refractivity contribution < 1.29 is 9.84 Å². The average Bonchev–Trinajstić information content (AvgIpc) is 2.18. The predicted molar refractivity (Wildman–Crippen MR) is 57.6 cm³/mol. The van der Waals surface area contributed by atoms with E-state index in [4.69, 9.17) is 4.74 Å². The van der Waals surface area contributed by atoms with E-state index in [9.17, 15) is 5.11 Å². The van der Waals surface area contributed by atoms with E-state index in [1.165, 1.54) is 5.56 Å². The minimum Gasteiger partial charge on any atom is -0.488 e. The summed E-state index contributed by atoms with van der Waals surface area (Å²) in [6.45, 7) is 5.70. The summed E-state index contributed by atoms with van der Waals surface area (Å²) in [6.07, 6.45) is 0.391. The lowest BCUT2D eigenvalue weighted by Gasteiger charge is -2.17. The number of aryl methyl sites for hydroxylation is 1. The Morgan fingerprint density at radius 1 is 1.36 bits per heavy atom. The van der Waals surface area contributed by atoms with Crippen molar-refractivity contribution in [2.45, 2.75) is 39.4 Å². The van der Waals surface area contributed by atoms with E-state index in [0.29, 0.717) is 0 Å². The molecule has 0 aromatic heterocycles. The summed E-state index contributed by atoms with van der Waals surface area (Å²) in [5.41, 5.74) is 1.25. The quantitative estimate of drug-likeness (QED) is 0.797. The number of aliphatic hydroxyl groups is 1. The van der Waals surface area contributed by atoms with Crippen LogP contribution in [-0.2, 0) is 6.42 Å². The first-order valence-corrected chi connectivity index (χ1v) is 5.07. The molecule has 2 nitrogen and oxygen atoms in total. The van der Waals surface area contributed by atoms with Crippen LogP contribution in [0, 0.1) is 0 Å². The monoisotopic (exact) mass is 194 g/mol. The van der Waals surface area contributed by atoms with Gasteiger partial charge in [-0.3, -0.25) is 0 Å². The van der Waals surface area contributed by atoms with E-state index < -0.39 is 6.10 Å². The second-order valence-corrected chi connectivity index (χ2v) is 3.56. The molecule has 0 radical (unpaired) electrons. The summed E-state index contributed by atoms with van der Waals surface area (Å²) in [5, 5.41) is 9.28. The minimum atomic E-state index is -0.444. The normalized spacial score (nSPS) is 14.9. The number of rotatable bonds is 4. The molecule has 0 aliphatic rings. The Hall–Kier alpha value is -1.02. The van der Waals surface area contributed by atoms with Gasteiger partial charge in [0.1, 0.15) is 11.9 Å². The van der Waals surface area contributed by atoms with Crippen LogP contribution in [0.4, 0.5) is 0 Å². The van der Waals surface area contributed by atoms with Gasteiger partial charge in [-0.05, 0) is 38.0 Å². The van der Waals surface area contributed by atoms with Gasteiger partial charge in [0, 0.05) is 0 Å². The highest BCUT2D eigenvalue weighted by Crippen LogP contribution is 2.16. The Morgan fingerprint density at radius 2 is 2.07 bits per heavy atom. The SMILES string of the molecule is CCc1cccc(OC(C)C(C)O)c1. The average molecular weight is 194 g/mol. The molecular weight excluding hydrogens is 176 g/mol. The van der Waals surface area contributed by atoms with E-state index in [-0.39, 0.29) is 6.10 Å². The Labute approximate surface area is 85.5 Å². The molecule has 0 heterocycles. The zero-order chi connectivity index (χ0) is 10.6. The third kappa shape index (κ3) is 3.04. The third-order valence-corrected chi connectivity index (χ3v) is 2.31. The molecule has 14 heavy (non-hydrogen) atoms. The van der Waals surface area contributed by atoms with Crippen molar-refractivity contribution >= 4 is 0 Å². The van der Waals surface area contributed by atoms with Crippen molar-refractivity contribution in [3.05, 3.63) is 29.8 Å². The van der Waals surface area contributed by atoms with Crippen molar-refractivity contribution in [1.29, 1.82) is 0 Å². The molecule has 1 rings (SSSR count). The lowest BCUT2D eigenvalue weighted by Crippen LogP contribution is -2.25.